The van der Waals surface area contributed by atoms with Crippen LogP contribution < -0.4 is 9.47 Å². The van der Waals surface area contributed by atoms with Crippen molar-refractivity contribution in [2.24, 2.45) is 11.3 Å². The van der Waals surface area contributed by atoms with E-state index in [0.29, 0.717) is 30.0 Å². The van der Waals surface area contributed by atoms with Crippen LogP contribution in [-0.4, -0.2) is 47.7 Å². The van der Waals surface area contributed by atoms with Crippen molar-refractivity contribution in [1.82, 2.24) is 4.90 Å². The van der Waals surface area contributed by atoms with Crippen LogP contribution in [0.5, 0.6) is 11.5 Å². The molecule has 6 heteroatoms. The van der Waals surface area contributed by atoms with E-state index in [0.717, 1.165) is 6.42 Å². The average Bonchev–Trinajstić information content (AvgIpc) is 3.38. The van der Waals surface area contributed by atoms with Crippen molar-refractivity contribution in [3.05, 3.63) is 24.3 Å². The van der Waals surface area contributed by atoms with Gasteiger partial charge < -0.3 is 19.5 Å². The summed E-state index contributed by atoms with van der Waals surface area (Å²) in [6.45, 7) is 0.847. The Bertz CT molecular complexity index is 719. The third kappa shape index (κ3) is 2.72. The SMILES string of the molecule is COc1ccccc1OC1(C(=O)O)CCN(C(=O)[C@@H]2CC23CCC3)CC1. The van der Waals surface area contributed by atoms with Crippen molar-refractivity contribution in [3.63, 3.8) is 0 Å². The van der Waals surface area contributed by atoms with Crippen LogP contribution in [0.25, 0.3) is 0 Å². The highest BCUT2D eigenvalue weighted by Crippen LogP contribution is 2.66. The number of aliphatic carboxylic acids is 1. The van der Waals surface area contributed by atoms with E-state index in [1.807, 2.05) is 11.0 Å². The highest BCUT2D eigenvalue weighted by molar-refractivity contribution is 5.84. The molecule has 0 bridgehead atoms. The van der Waals surface area contributed by atoms with Gasteiger partial charge in [0.25, 0.3) is 0 Å². The van der Waals surface area contributed by atoms with Crippen LogP contribution in [-0.2, 0) is 9.59 Å². The number of benzene rings is 1. The molecular weight excluding hydrogens is 334 g/mol. The number of ether oxygens (including phenoxy) is 2. The first-order valence-corrected chi connectivity index (χ1v) is 9.34. The summed E-state index contributed by atoms with van der Waals surface area (Å²) in [5, 5.41) is 9.82. The van der Waals surface area contributed by atoms with Gasteiger partial charge >= 0.3 is 5.97 Å². The van der Waals surface area contributed by atoms with Gasteiger partial charge in [-0.15, -0.1) is 0 Å². The number of piperidine rings is 1. The maximum Gasteiger partial charge on any atom is 0.348 e. The fraction of sp³-hybridized carbons (Fsp3) is 0.600. The average molecular weight is 359 g/mol. The molecule has 3 fully saturated rings. The maximum atomic E-state index is 12.7. The van der Waals surface area contributed by atoms with Crippen LogP contribution in [0.3, 0.4) is 0 Å². The number of amides is 1. The Labute approximate surface area is 153 Å². The zero-order chi connectivity index (χ0) is 18.4. The quantitative estimate of drug-likeness (QED) is 0.875. The standard InChI is InChI=1S/C20H25NO5/c1-25-15-5-2-3-6-16(15)26-20(18(23)24)9-11-21(12-10-20)17(22)14-13-19(14)7-4-8-19/h2-3,5-6,14H,4,7-13H2,1H3,(H,23,24)/t14-/m0/s1. The van der Waals surface area contributed by atoms with E-state index >= 15 is 0 Å². The second-order valence-electron chi connectivity index (χ2n) is 7.85. The Morgan fingerprint density at radius 1 is 1.12 bits per heavy atom. The molecule has 1 aromatic carbocycles. The summed E-state index contributed by atoms with van der Waals surface area (Å²) >= 11 is 0. The monoisotopic (exact) mass is 359 g/mol. The van der Waals surface area contributed by atoms with Crippen molar-refractivity contribution in [2.45, 2.75) is 44.1 Å². The van der Waals surface area contributed by atoms with E-state index in [2.05, 4.69) is 0 Å². The molecule has 0 unspecified atom stereocenters. The molecular formula is C20H25NO5. The minimum absolute atomic E-state index is 0.170. The Kier molecular flexibility index (Phi) is 4.09. The first-order chi connectivity index (χ1) is 12.5. The lowest BCUT2D eigenvalue weighted by Gasteiger charge is -2.39. The normalized spacial score (nSPS) is 25.3. The molecule has 2 aliphatic carbocycles. The van der Waals surface area contributed by atoms with Crippen molar-refractivity contribution in [2.75, 3.05) is 20.2 Å². The molecule has 1 saturated heterocycles. The molecule has 6 nitrogen and oxygen atoms in total. The third-order valence-electron chi connectivity index (χ3n) is 6.48. The summed E-state index contributed by atoms with van der Waals surface area (Å²) < 4.78 is 11.2. The molecule has 1 spiro atoms. The Balaban J connectivity index is 1.44. The number of carbonyl (C=O) groups excluding carboxylic acids is 1. The van der Waals surface area contributed by atoms with E-state index in [1.165, 1.54) is 26.4 Å². The molecule has 1 aliphatic heterocycles. The number of carbonyl (C=O) groups is 2. The van der Waals surface area contributed by atoms with Crippen LogP contribution in [0.15, 0.2) is 24.3 Å². The minimum Gasteiger partial charge on any atom is -0.493 e. The molecule has 1 atom stereocenters. The highest BCUT2D eigenvalue weighted by Gasteiger charge is 2.62. The second kappa shape index (κ2) is 6.18. The van der Waals surface area contributed by atoms with E-state index in [1.54, 1.807) is 18.2 Å². The molecule has 0 radical (unpaired) electrons. The van der Waals surface area contributed by atoms with Crippen molar-refractivity contribution < 1.29 is 24.2 Å². The van der Waals surface area contributed by atoms with Crippen molar-refractivity contribution in [1.29, 1.82) is 0 Å². The van der Waals surface area contributed by atoms with Crippen molar-refractivity contribution in [3.8, 4) is 11.5 Å². The second-order valence-corrected chi connectivity index (χ2v) is 7.85. The molecule has 2 saturated carbocycles. The molecule has 1 aromatic rings. The predicted molar refractivity (Wildman–Crippen MR) is 94.2 cm³/mol. The van der Waals surface area contributed by atoms with Crippen LogP contribution >= 0.6 is 0 Å². The van der Waals surface area contributed by atoms with E-state index in [4.69, 9.17) is 9.47 Å². The molecule has 140 valence electrons. The number of carboxylic acid groups (broad SMARTS) is 1. The summed E-state index contributed by atoms with van der Waals surface area (Å²) in [7, 11) is 1.53. The maximum absolute atomic E-state index is 12.7. The van der Waals surface area contributed by atoms with Crippen LogP contribution in [0.2, 0.25) is 0 Å². The fourth-order valence-electron chi connectivity index (χ4n) is 4.46. The van der Waals surface area contributed by atoms with E-state index in [9.17, 15) is 14.7 Å². The van der Waals surface area contributed by atoms with Crippen LogP contribution in [0.4, 0.5) is 0 Å². The number of para-hydroxylation sites is 2. The van der Waals surface area contributed by atoms with E-state index < -0.39 is 11.6 Å². The smallest absolute Gasteiger partial charge is 0.348 e. The number of carboxylic acids is 1. The van der Waals surface area contributed by atoms with Gasteiger partial charge in [0.15, 0.2) is 11.5 Å². The number of rotatable bonds is 5. The van der Waals surface area contributed by atoms with Gasteiger partial charge in [-0.1, -0.05) is 18.6 Å². The van der Waals surface area contributed by atoms with Gasteiger partial charge in [-0.3, -0.25) is 4.79 Å². The number of methoxy groups -OCH3 is 1. The molecule has 0 aromatic heterocycles. The highest BCUT2D eigenvalue weighted by atomic mass is 16.5. The molecule has 4 rings (SSSR count). The molecule has 26 heavy (non-hydrogen) atoms. The first kappa shape index (κ1) is 17.2. The topological polar surface area (TPSA) is 76.1 Å². The zero-order valence-electron chi connectivity index (χ0n) is 15.1. The van der Waals surface area contributed by atoms with Gasteiger partial charge in [0, 0.05) is 31.8 Å². The van der Waals surface area contributed by atoms with E-state index in [-0.39, 0.29) is 24.7 Å². The molecule has 1 N–H and O–H groups in total. The minimum atomic E-state index is -1.32. The molecule has 1 amide bonds. The van der Waals surface area contributed by atoms with Crippen LogP contribution in [0, 0.1) is 11.3 Å². The number of hydrogen-bond donors (Lipinski definition) is 1. The molecule has 1 heterocycles. The Hall–Kier alpha value is -2.24. The number of likely N-dealkylation sites (tertiary alicyclic amines) is 1. The lowest BCUT2D eigenvalue weighted by atomic mass is 9.79. The summed E-state index contributed by atoms with van der Waals surface area (Å²) in [6.07, 6.45) is 5.17. The predicted octanol–water partition coefficient (Wildman–Crippen LogP) is 2.71. The van der Waals surface area contributed by atoms with Gasteiger partial charge in [-0.05, 0) is 36.8 Å². The van der Waals surface area contributed by atoms with Crippen molar-refractivity contribution >= 4 is 11.9 Å². The van der Waals surface area contributed by atoms with Crippen LogP contribution in [0.1, 0.15) is 38.5 Å². The number of hydrogen-bond acceptors (Lipinski definition) is 4. The Morgan fingerprint density at radius 3 is 2.27 bits per heavy atom. The third-order valence-corrected chi connectivity index (χ3v) is 6.48. The summed E-state index contributed by atoms with van der Waals surface area (Å²) in [5.74, 6) is 0.325. The largest absolute Gasteiger partial charge is 0.493 e. The van der Waals surface area contributed by atoms with Gasteiger partial charge in [0.05, 0.1) is 7.11 Å². The van der Waals surface area contributed by atoms with Gasteiger partial charge in [-0.2, -0.15) is 0 Å². The van der Waals surface area contributed by atoms with Gasteiger partial charge in [-0.25, -0.2) is 4.79 Å². The van der Waals surface area contributed by atoms with Gasteiger partial charge in [0.2, 0.25) is 11.5 Å². The summed E-state index contributed by atoms with van der Waals surface area (Å²) in [5.41, 5.74) is -1.02. The number of nitrogens with zero attached hydrogens (tertiary/aromatic N) is 1. The Morgan fingerprint density at radius 2 is 1.77 bits per heavy atom. The lowest BCUT2D eigenvalue weighted by molar-refractivity contribution is -0.162. The molecule has 3 aliphatic rings. The van der Waals surface area contributed by atoms with Gasteiger partial charge in [0.1, 0.15) is 0 Å². The first-order valence-electron chi connectivity index (χ1n) is 9.34. The lowest BCUT2D eigenvalue weighted by Crippen LogP contribution is -2.54. The fourth-order valence-corrected chi connectivity index (χ4v) is 4.46. The summed E-state index contributed by atoms with van der Waals surface area (Å²) in [4.78, 5) is 26.6. The zero-order valence-corrected chi connectivity index (χ0v) is 15.1. The summed E-state index contributed by atoms with van der Waals surface area (Å²) in [6, 6.07) is 7.06.